The van der Waals surface area contributed by atoms with Crippen LogP contribution in [0.25, 0.3) is 70.5 Å². The lowest BCUT2D eigenvalue weighted by Crippen LogP contribution is -2.16. The lowest BCUT2D eigenvalue weighted by molar-refractivity contribution is 0.477. The van der Waals surface area contributed by atoms with Crippen molar-refractivity contribution in [3.8, 4) is 49.5 Å². The van der Waals surface area contributed by atoms with Gasteiger partial charge in [-0.15, -0.1) is 11.3 Å². The maximum absolute atomic E-state index is 6.94. The highest BCUT2D eigenvalue weighted by atomic mass is 32.1. The molecule has 4 aromatic heterocycles. The Morgan fingerprint density at radius 3 is 2.00 bits per heavy atom. The summed E-state index contributed by atoms with van der Waals surface area (Å²) in [6.07, 6.45) is 3.73. The van der Waals surface area contributed by atoms with Gasteiger partial charge in [0.1, 0.15) is 0 Å². The molecule has 6 heteroatoms. The van der Waals surface area contributed by atoms with Crippen molar-refractivity contribution in [1.82, 2.24) is 14.5 Å². The molecule has 254 valence electrons. The Labute approximate surface area is 315 Å². The van der Waals surface area contributed by atoms with Gasteiger partial charge in [0.25, 0.3) is 0 Å². The molecule has 0 amide bonds. The number of thiophene rings is 1. The van der Waals surface area contributed by atoms with Crippen LogP contribution in [0.3, 0.4) is 0 Å². The summed E-state index contributed by atoms with van der Waals surface area (Å²) in [5.74, 6) is 1.58. The Balaban J connectivity index is 1.08. The molecule has 10 aromatic rings. The summed E-state index contributed by atoms with van der Waals surface area (Å²) < 4.78 is 9.28. The molecule has 1 aliphatic rings. The molecular weight excluding hydrogens is 681 g/mol. The van der Waals surface area contributed by atoms with E-state index >= 15 is 0 Å². The monoisotopic (exact) mass is 710 g/mol. The summed E-state index contributed by atoms with van der Waals surface area (Å²) in [6, 6.07) is 59.8. The second kappa shape index (κ2) is 12.3. The SMILES string of the molecule is c1ccc(-c2ccc(-c3ccc4c(c3)Oc3cc(-n5c6ccccc6c6ccccc65)ccc3N4c3cccc(-c4nccc5ccccc45)c3)s2)nc1. The molecule has 0 bridgehead atoms. The van der Waals surface area contributed by atoms with Crippen LogP contribution in [0.4, 0.5) is 17.1 Å². The van der Waals surface area contributed by atoms with Gasteiger partial charge in [-0.3, -0.25) is 9.97 Å². The van der Waals surface area contributed by atoms with Gasteiger partial charge in [-0.2, -0.15) is 0 Å². The molecule has 54 heavy (non-hydrogen) atoms. The van der Waals surface area contributed by atoms with E-state index in [2.05, 4.69) is 172 Å². The van der Waals surface area contributed by atoms with Crippen LogP contribution in [0, 0.1) is 0 Å². The van der Waals surface area contributed by atoms with Gasteiger partial charge in [-0.1, -0.05) is 84.9 Å². The van der Waals surface area contributed by atoms with Crippen molar-refractivity contribution in [2.24, 2.45) is 0 Å². The number of ether oxygens (including phenoxy) is 1. The first kappa shape index (κ1) is 30.6. The third-order valence-corrected chi connectivity index (χ3v) is 11.5. The zero-order valence-corrected chi connectivity index (χ0v) is 29.7. The quantitative estimate of drug-likeness (QED) is 0.178. The highest BCUT2D eigenvalue weighted by Crippen LogP contribution is 2.53. The zero-order chi connectivity index (χ0) is 35.6. The zero-order valence-electron chi connectivity index (χ0n) is 28.9. The first-order valence-electron chi connectivity index (χ1n) is 18.0. The number of benzene rings is 6. The number of para-hydroxylation sites is 2. The summed E-state index contributed by atoms with van der Waals surface area (Å²) in [5, 5.41) is 4.74. The maximum Gasteiger partial charge on any atom is 0.153 e. The molecule has 0 fully saturated rings. The highest BCUT2D eigenvalue weighted by molar-refractivity contribution is 7.18. The fraction of sp³-hybridized carbons (Fsp3) is 0. The van der Waals surface area contributed by atoms with Crippen molar-refractivity contribution in [3.05, 3.63) is 182 Å². The van der Waals surface area contributed by atoms with E-state index < -0.39 is 0 Å². The number of fused-ring (bicyclic) bond motifs is 6. The molecule has 5 nitrogen and oxygen atoms in total. The van der Waals surface area contributed by atoms with E-state index in [-0.39, 0.29) is 0 Å². The molecule has 0 saturated heterocycles. The average molecular weight is 711 g/mol. The molecule has 11 rings (SSSR count). The second-order valence-electron chi connectivity index (χ2n) is 13.5. The van der Waals surface area contributed by atoms with Crippen LogP contribution in [0.15, 0.2) is 182 Å². The first-order chi connectivity index (χ1) is 26.8. The van der Waals surface area contributed by atoms with Crippen LogP contribution >= 0.6 is 11.3 Å². The molecular formula is C48H30N4OS. The van der Waals surface area contributed by atoms with E-state index in [9.17, 15) is 0 Å². The first-order valence-corrected chi connectivity index (χ1v) is 18.8. The van der Waals surface area contributed by atoms with Gasteiger partial charge in [0.05, 0.1) is 44.4 Å². The van der Waals surface area contributed by atoms with Crippen LogP contribution in [-0.4, -0.2) is 14.5 Å². The van der Waals surface area contributed by atoms with Crippen LogP contribution < -0.4 is 9.64 Å². The number of hydrogen-bond acceptors (Lipinski definition) is 5. The Kier molecular flexibility index (Phi) is 6.97. The lowest BCUT2D eigenvalue weighted by Gasteiger charge is -2.33. The third kappa shape index (κ3) is 4.92. The van der Waals surface area contributed by atoms with E-state index in [0.29, 0.717) is 0 Å². The van der Waals surface area contributed by atoms with Crippen molar-refractivity contribution in [2.75, 3.05) is 4.90 Å². The van der Waals surface area contributed by atoms with Gasteiger partial charge in [0, 0.05) is 50.7 Å². The predicted octanol–water partition coefficient (Wildman–Crippen LogP) is 13.4. The van der Waals surface area contributed by atoms with Gasteiger partial charge in [-0.25, -0.2) is 0 Å². The molecule has 0 unspecified atom stereocenters. The fourth-order valence-electron chi connectivity index (χ4n) is 7.85. The summed E-state index contributed by atoms with van der Waals surface area (Å²) in [7, 11) is 0. The highest BCUT2D eigenvalue weighted by Gasteiger charge is 2.28. The van der Waals surface area contributed by atoms with Crippen LogP contribution in [-0.2, 0) is 0 Å². The minimum absolute atomic E-state index is 0.785. The van der Waals surface area contributed by atoms with Crippen molar-refractivity contribution in [3.63, 3.8) is 0 Å². The molecule has 5 heterocycles. The fourth-order valence-corrected chi connectivity index (χ4v) is 8.83. The molecule has 0 saturated carbocycles. The number of aromatic nitrogens is 3. The Morgan fingerprint density at radius 1 is 0.463 bits per heavy atom. The number of pyridine rings is 2. The summed E-state index contributed by atoms with van der Waals surface area (Å²) >= 11 is 1.73. The molecule has 6 aromatic carbocycles. The van der Waals surface area contributed by atoms with Crippen molar-refractivity contribution < 1.29 is 4.74 Å². The number of nitrogens with zero attached hydrogens (tertiary/aromatic N) is 4. The lowest BCUT2D eigenvalue weighted by atomic mass is 10.0. The third-order valence-electron chi connectivity index (χ3n) is 10.3. The van der Waals surface area contributed by atoms with Crippen molar-refractivity contribution in [1.29, 1.82) is 0 Å². The van der Waals surface area contributed by atoms with Crippen LogP contribution in [0.1, 0.15) is 0 Å². The molecule has 0 N–H and O–H groups in total. The molecule has 0 atom stereocenters. The van der Waals surface area contributed by atoms with Crippen LogP contribution in [0.5, 0.6) is 11.5 Å². The van der Waals surface area contributed by atoms with E-state index in [1.165, 1.54) is 16.2 Å². The van der Waals surface area contributed by atoms with E-state index in [1.54, 1.807) is 11.3 Å². The molecule has 0 spiro atoms. The van der Waals surface area contributed by atoms with Gasteiger partial charge in [-0.05, 0) is 89.8 Å². The summed E-state index contributed by atoms with van der Waals surface area (Å²) in [6.45, 7) is 0. The topological polar surface area (TPSA) is 43.2 Å². The average Bonchev–Trinajstić information content (AvgIpc) is 3.87. The van der Waals surface area contributed by atoms with Gasteiger partial charge in [0.15, 0.2) is 11.5 Å². The molecule has 0 radical (unpaired) electrons. The van der Waals surface area contributed by atoms with E-state index in [4.69, 9.17) is 9.72 Å². The smallest absolute Gasteiger partial charge is 0.153 e. The van der Waals surface area contributed by atoms with Crippen molar-refractivity contribution in [2.45, 2.75) is 0 Å². The van der Waals surface area contributed by atoms with Crippen LogP contribution in [0.2, 0.25) is 0 Å². The summed E-state index contributed by atoms with van der Waals surface area (Å²) in [5.41, 5.74) is 10.4. The Hall–Kier alpha value is -7.02. The summed E-state index contributed by atoms with van der Waals surface area (Å²) in [4.78, 5) is 14.0. The Bertz CT molecular complexity index is 3000. The van der Waals surface area contributed by atoms with E-state index in [1.807, 2.05) is 24.5 Å². The predicted molar refractivity (Wildman–Crippen MR) is 223 cm³/mol. The number of hydrogen-bond donors (Lipinski definition) is 0. The minimum atomic E-state index is 0.785. The molecule has 1 aliphatic heterocycles. The normalized spacial score (nSPS) is 12.2. The van der Waals surface area contributed by atoms with Crippen molar-refractivity contribution >= 4 is 61.0 Å². The van der Waals surface area contributed by atoms with Gasteiger partial charge >= 0.3 is 0 Å². The number of anilines is 3. The largest absolute Gasteiger partial charge is 0.453 e. The Morgan fingerprint density at radius 2 is 1.19 bits per heavy atom. The number of rotatable bonds is 5. The maximum atomic E-state index is 6.94. The molecule has 0 aliphatic carbocycles. The second-order valence-corrected chi connectivity index (χ2v) is 14.5. The van der Waals surface area contributed by atoms with Gasteiger partial charge < -0.3 is 14.2 Å². The van der Waals surface area contributed by atoms with Gasteiger partial charge in [0.2, 0.25) is 0 Å². The van der Waals surface area contributed by atoms with E-state index in [0.717, 1.165) is 82.9 Å². The minimum Gasteiger partial charge on any atom is -0.453 e. The standard InChI is InChI=1S/C48H30N4OS/c1-2-13-36-31(10-1)25-27-50-48(36)33-11-9-12-34(28-33)52-42-21-19-32(46-23-24-47(54-46)39-16-7-8-26-49-39)29-44(42)53-45-30-35(20-22-43(45)52)51-40-17-5-3-14-37(40)38-15-4-6-18-41(38)51/h1-30H.